The van der Waals surface area contributed by atoms with Crippen LogP contribution in [0.4, 0.5) is 0 Å². The Bertz CT molecular complexity index is 666. The summed E-state index contributed by atoms with van der Waals surface area (Å²) >= 11 is 11.6. The Morgan fingerprint density at radius 1 is 1.29 bits per heavy atom. The molecule has 0 unspecified atom stereocenters. The maximum atomic E-state index is 11.7. The Labute approximate surface area is 141 Å². The summed E-state index contributed by atoms with van der Waals surface area (Å²) in [6.07, 6.45) is 4.26. The molecule has 1 radical (unpaired) electrons. The van der Waals surface area contributed by atoms with Gasteiger partial charge in [0.05, 0.1) is 11.2 Å². The van der Waals surface area contributed by atoms with Crippen LogP contribution >= 0.6 is 23.2 Å². The smallest absolute Gasteiger partial charge is 0.506 e. The number of aromatic hydroxyl groups is 1. The zero-order chi connectivity index (χ0) is 14.5. The predicted molar refractivity (Wildman–Crippen MR) is 77.4 cm³/mol. The molecule has 0 atom stereocenters. The van der Waals surface area contributed by atoms with E-state index >= 15 is 0 Å². The van der Waals surface area contributed by atoms with Gasteiger partial charge in [-0.05, 0) is 24.3 Å². The van der Waals surface area contributed by atoms with E-state index in [0.717, 1.165) is 0 Å². The number of pyridine rings is 1. The molecule has 2 rings (SSSR count). The molecule has 21 heavy (non-hydrogen) atoms. The van der Waals surface area contributed by atoms with Crippen LogP contribution < -0.4 is 5.43 Å². The number of hydrogen-bond acceptors (Lipinski definition) is 4. The third-order valence-electron chi connectivity index (χ3n) is 2.37. The van der Waals surface area contributed by atoms with E-state index in [1.165, 1.54) is 30.7 Å². The molecule has 0 bridgehead atoms. The number of nitrogens with zero attached hydrogens (tertiary/aromatic N) is 2. The molecule has 0 saturated heterocycles. The van der Waals surface area contributed by atoms with Crippen molar-refractivity contribution < 1.29 is 27.0 Å². The van der Waals surface area contributed by atoms with Crippen molar-refractivity contribution in [3.8, 4) is 5.75 Å². The van der Waals surface area contributed by atoms with Crippen molar-refractivity contribution in [1.29, 1.82) is 0 Å². The molecule has 0 spiro atoms. The molecule has 1 heterocycles. The second-order valence-electron chi connectivity index (χ2n) is 3.76. The van der Waals surface area contributed by atoms with E-state index in [0.29, 0.717) is 16.1 Å². The number of phenolic OH excluding ortho intramolecular Hbond substituents is 1. The molecule has 0 aliphatic heterocycles. The van der Waals surface area contributed by atoms with Gasteiger partial charge in [-0.3, -0.25) is 9.78 Å². The van der Waals surface area contributed by atoms with Crippen molar-refractivity contribution >= 4 is 35.3 Å². The number of carbonyl (C=O) groups is 1. The van der Waals surface area contributed by atoms with Gasteiger partial charge in [-0.2, -0.15) is 5.10 Å². The maximum absolute atomic E-state index is 11.7. The van der Waals surface area contributed by atoms with Crippen LogP contribution in [0, 0.1) is 0 Å². The average molecular weight is 365 g/mol. The molecular formula is C13H9Cl2MnN3O2+2. The Kier molecular flexibility index (Phi) is 6.65. The van der Waals surface area contributed by atoms with E-state index in [1.807, 2.05) is 0 Å². The SMILES string of the molecule is O=C(N/N=C/c1cc(Cl)cc(Cl)c1O)c1ccncc1.[Mn+2]. The Hall–Kier alpha value is -1.59. The quantitative estimate of drug-likeness (QED) is 0.499. The molecule has 0 saturated carbocycles. The normalized spacial score (nSPS) is 10.2. The van der Waals surface area contributed by atoms with Crippen LogP contribution in [0.5, 0.6) is 5.75 Å². The second-order valence-corrected chi connectivity index (χ2v) is 4.60. The number of phenols is 1. The fraction of sp³-hybridized carbons (Fsp3) is 0. The van der Waals surface area contributed by atoms with E-state index in [9.17, 15) is 9.90 Å². The largest absolute Gasteiger partial charge is 2.00 e. The van der Waals surface area contributed by atoms with Crippen molar-refractivity contribution in [3.05, 3.63) is 57.8 Å². The number of hydrazone groups is 1. The molecule has 107 valence electrons. The van der Waals surface area contributed by atoms with E-state index < -0.39 is 5.91 Å². The summed E-state index contributed by atoms with van der Waals surface area (Å²) in [6, 6.07) is 5.99. The molecule has 0 fully saturated rings. The number of amides is 1. The fourth-order valence-electron chi connectivity index (χ4n) is 1.41. The van der Waals surface area contributed by atoms with Crippen LogP contribution in [0.15, 0.2) is 41.8 Å². The summed E-state index contributed by atoms with van der Waals surface area (Å²) in [7, 11) is 0. The number of hydrogen-bond donors (Lipinski definition) is 2. The summed E-state index contributed by atoms with van der Waals surface area (Å²) < 4.78 is 0. The zero-order valence-corrected chi connectivity index (χ0v) is 13.1. The minimum Gasteiger partial charge on any atom is -0.506 e. The molecule has 0 aliphatic rings. The van der Waals surface area contributed by atoms with Gasteiger partial charge in [0.25, 0.3) is 5.91 Å². The number of benzene rings is 1. The first-order chi connectivity index (χ1) is 9.58. The number of nitrogens with one attached hydrogen (secondary N) is 1. The van der Waals surface area contributed by atoms with Crippen LogP contribution in [0.2, 0.25) is 10.0 Å². The number of rotatable bonds is 3. The minimum absolute atomic E-state index is 0. The Balaban J connectivity index is 0.00000220. The molecule has 2 aromatic rings. The minimum atomic E-state index is -0.392. The van der Waals surface area contributed by atoms with Gasteiger partial charge in [0.2, 0.25) is 0 Å². The maximum Gasteiger partial charge on any atom is 2.00 e. The molecule has 1 amide bonds. The molecular weight excluding hydrogens is 356 g/mol. The molecule has 1 aromatic carbocycles. The van der Waals surface area contributed by atoms with Gasteiger partial charge in [0, 0.05) is 28.5 Å². The molecule has 8 heteroatoms. The predicted octanol–water partition coefficient (Wildman–Crippen LogP) is 2.86. The zero-order valence-electron chi connectivity index (χ0n) is 10.4. The summed E-state index contributed by atoms with van der Waals surface area (Å²) in [5, 5.41) is 13.9. The molecule has 0 aliphatic carbocycles. The topological polar surface area (TPSA) is 74.6 Å². The Morgan fingerprint density at radius 2 is 1.95 bits per heavy atom. The van der Waals surface area contributed by atoms with E-state index in [-0.39, 0.29) is 27.8 Å². The van der Waals surface area contributed by atoms with E-state index in [4.69, 9.17) is 23.2 Å². The Morgan fingerprint density at radius 3 is 2.62 bits per heavy atom. The van der Waals surface area contributed by atoms with Gasteiger partial charge in [0.15, 0.2) is 0 Å². The van der Waals surface area contributed by atoms with Gasteiger partial charge in [0.1, 0.15) is 5.75 Å². The van der Waals surface area contributed by atoms with Crippen molar-refractivity contribution in [2.24, 2.45) is 5.10 Å². The summed E-state index contributed by atoms with van der Waals surface area (Å²) in [5.41, 5.74) is 3.04. The summed E-state index contributed by atoms with van der Waals surface area (Å²) in [6.45, 7) is 0. The monoisotopic (exact) mass is 364 g/mol. The van der Waals surface area contributed by atoms with Crippen LogP contribution in [0.25, 0.3) is 0 Å². The van der Waals surface area contributed by atoms with Gasteiger partial charge >= 0.3 is 17.1 Å². The molecule has 5 nitrogen and oxygen atoms in total. The van der Waals surface area contributed by atoms with Gasteiger partial charge in [-0.1, -0.05) is 23.2 Å². The second kappa shape index (κ2) is 8.00. The number of halogens is 2. The van der Waals surface area contributed by atoms with E-state index in [2.05, 4.69) is 15.5 Å². The first kappa shape index (κ1) is 17.5. The first-order valence-corrected chi connectivity index (χ1v) is 6.25. The van der Waals surface area contributed by atoms with Crippen LogP contribution in [0.3, 0.4) is 0 Å². The van der Waals surface area contributed by atoms with Crippen molar-refractivity contribution in [2.45, 2.75) is 0 Å². The average Bonchev–Trinajstić information content (AvgIpc) is 2.44. The molecule has 1 aromatic heterocycles. The van der Waals surface area contributed by atoms with Crippen LogP contribution in [-0.4, -0.2) is 22.2 Å². The van der Waals surface area contributed by atoms with Gasteiger partial charge < -0.3 is 5.11 Å². The summed E-state index contributed by atoms with van der Waals surface area (Å²) in [4.78, 5) is 15.5. The van der Waals surface area contributed by atoms with Gasteiger partial charge in [-0.15, -0.1) is 0 Å². The number of aromatic nitrogens is 1. The van der Waals surface area contributed by atoms with Crippen LogP contribution in [-0.2, 0) is 17.1 Å². The first-order valence-electron chi connectivity index (χ1n) is 5.49. The van der Waals surface area contributed by atoms with Crippen molar-refractivity contribution in [2.75, 3.05) is 0 Å². The fourth-order valence-corrected chi connectivity index (χ4v) is 1.92. The standard InChI is InChI=1S/C13H9Cl2N3O2.Mn/c14-10-5-9(12(19)11(15)6-10)7-17-18-13(20)8-1-3-16-4-2-8;/h1-7,19H,(H,18,20);/q;+2/b17-7+;. The third kappa shape index (κ3) is 4.72. The van der Waals surface area contributed by atoms with E-state index in [1.54, 1.807) is 12.1 Å². The molecule has 2 N–H and O–H groups in total. The number of carbonyl (C=O) groups excluding carboxylic acids is 1. The van der Waals surface area contributed by atoms with Gasteiger partial charge in [-0.25, -0.2) is 5.43 Å². The van der Waals surface area contributed by atoms with Crippen molar-refractivity contribution in [1.82, 2.24) is 10.4 Å². The summed E-state index contributed by atoms with van der Waals surface area (Å²) in [5.74, 6) is -0.547. The van der Waals surface area contributed by atoms with Crippen LogP contribution in [0.1, 0.15) is 15.9 Å². The third-order valence-corrected chi connectivity index (χ3v) is 2.88. The van der Waals surface area contributed by atoms with Crippen molar-refractivity contribution in [3.63, 3.8) is 0 Å².